The molecule has 0 atom stereocenters. The second-order valence-corrected chi connectivity index (χ2v) is 8.37. The number of hydrogen-bond donors (Lipinski definition) is 3. The largest absolute Gasteiger partial charge is 0.465 e. The van der Waals surface area contributed by atoms with Crippen LogP contribution in [-0.2, 0) is 0 Å². The molecule has 0 aliphatic carbocycles. The molecule has 182 valence electrons. The Balaban J connectivity index is 1.84. The van der Waals surface area contributed by atoms with Crippen molar-refractivity contribution in [2.24, 2.45) is 0 Å². The van der Waals surface area contributed by atoms with E-state index in [1.807, 2.05) is 0 Å². The highest BCUT2D eigenvalue weighted by Crippen LogP contribution is 2.46. The van der Waals surface area contributed by atoms with Crippen molar-refractivity contribution in [1.82, 2.24) is 10.3 Å². The van der Waals surface area contributed by atoms with Gasteiger partial charge in [0, 0.05) is 47.7 Å². The molecule has 12 heteroatoms. The summed E-state index contributed by atoms with van der Waals surface area (Å²) < 4.78 is 30.8. The number of amides is 3. The highest BCUT2D eigenvalue weighted by atomic mass is 35.5. The summed E-state index contributed by atoms with van der Waals surface area (Å²) in [5.41, 5.74) is 0.614. The second-order valence-electron chi connectivity index (χ2n) is 7.50. The Kier molecular flexibility index (Phi) is 6.95. The van der Waals surface area contributed by atoms with Gasteiger partial charge >= 0.3 is 12.1 Å². The zero-order valence-electron chi connectivity index (χ0n) is 18.3. The Labute approximate surface area is 209 Å². The van der Waals surface area contributed by atoms with Gasteiger partial charge in [-0.3, -0.25) is 9.80 Å². The molecule has 2 aromatic carbocycles. The Bertz CT molecular complexity index is 1300. The van der Waals surface area contributed by atoms with E-state index < -0.39 is 29.4 Å². The van der Waals surface area contributed by atoms with Crippen LogP contribution < -0.4 is 20.4 Å². The van der Waals surface area contributed by atoms with Gasteiger partial charge in [-0.05, 0) is 37.3 Å². The van der Waals surface area contributed by atoms with Crippen LogP contribution in [0.5, 0.6) is 0 Å². The lowest BCUT2D eigenvalue weighted by Gasteiger charge is -2.28. The number of hydrogen-bond acceptors (Lipinski definition) is 4. The van der Waals surface area contributed by atoms with Gasteiger partial charge in [0.25, 0.3) is 0 Å². The van der Waals surface area contributed by atoms with Gasteiger partial charge in [-0.1, -0.05) is 29.3 Å². The van der Waals surface area contributed by atoms with E-state index >= 15 is 8.78 Å². The van der Waals surface area contributed by atoms with Crippen LogP contribution in [0.3, 0.4) is 0 Å². The number of anilines is 4. The molecule has 0 fully saturated rings. The molecular formula is C23H19Cl2F2N5O3. The van der Waals surface area contributed by atoms with Gasteiger partial charge in [0.15, 0.2) is 11.6 Å². The Morgan fingerprint density at radius 1 is 1.06 bits per heavy atom. The average molecular weight is 522 g/mol. The van der Waals surface area contributed by atoms with Crippen LogP contribution in [0, 0.1) is 11.6 Å². The maximum absolute atomic E-state index is 15.4. The SMILES string of the molecule is CCN1C(=O)N(c2c(F)cc(NCCNC(=O)O)cc2F)c2cc(Cl)ccc2-c2cc(Cl)cnc21. The molecule has 35 heavy (non-hydrogen) atoms. The first-order chi connectivity index (χ1) is 16.7. The number of pyridine rings is 1. The maximum atomic E-state index is 15.4. The van der Waals surface area contributed by atoms with Crippen LogP contribution in [0.4, 0.5) is 41.2 Å². The molecule has 8 nitrogen and oxygen atoms in total. The Morgan fingerprint density at radius 2 is 1.77 bits per heavy atom. The Morgan fingerprint density at radius 3 is 2.43 bits per heavy atom. The summed E-state index contributed by atoms with van der Waals surface area (Å²) >= 11 is 12.4. The molecule has 2 heterocycles. The fraction of sp³-hybridized carbons (Fsp3) is 0.174. The van der Waals surface area contributed by atoms with E-state index in [4.69, 9.17) is 28.3 Å². The van der Waals surface area contributed by atoms with Gasteiger partial charge in [0.05, 0.1) is 10.7 Å². The van der Waals surface area contributed by atoms with Gasteiger partial charge in [-0.25, -0.2) is 23.4 Å². The minimum Gasteiger partial charge on any atom is -0.465 e. The molecule has 0 spiro atoms. The molecule has 3 N–H and O–H groups in total. The summed E-state index contributed by atoms with van der Waals surface area (Å²) in [6, 6.07) is 7.63. The van der Waals surface area contributed by atoms with Crippen LogP contribution in [0.25, 0.3) is 11.1 Å². The number of nitrogens with zero attached hydrogens (tertiary/aromatic N) is 3. The predicted octanol–water partition coefficient (Wildman–Crippen LogP) is 6.11. The van der Waals surface area contributed by atoms with Gasteiger partial charge in [0.2, 0.25) is 0 Å². The van der Waals surface area contributed by atoms with E-state index in [9.17, 15) is 9.59 Å². The van der Waals surface area contributed by atoms with Crippen LogP contribution in [0.2, 0.25) is 10.0 Å². The van der Waals surface area contributed by atoms with E-state index in [-0.39, 0.29) is 41.8 Å². The van der Waals surface area contributed by atoms with Crippen molar-refractivity contribution in [1.29, 1.82) is 0 Å². The zero-order valence-corrected chi connectivity index (χ0v) is 19.8. The van der Waals surface area contributed by atoms with Crippen molar-refractivity contribution in [3.05, 3.63) is 64.3 Å². The van der Waals surface area contributed by atoms with Crippen molar-refractivity contribution in [3.63, 3.8) is 0 Å². The van der Waals surface area contributed by atoms with Crippen molar-refractivity contribution in [3.8, 4) is 11.1 Å². The molecule has 3 aromatic rings. The Hall–Kier alpha value is -3.63. The third-order valence-electron chi connectivity index (χ3n) is 5.29. The molecule has 1 aliphatic rings. The van der Waals surface area contributed by atoms with Crippen LogP contribution >= 0.6 is 23.2 Å². The number of fused-ring (bicyclic) bond motifs is 3. The van der Waals surface area contributed by atoms with Crippen molar-refractivity contribution in [2.45, 2.75) is 6.92 Å². The minimum atomic E-state index is -1.21. The molecule has 0 saturated carbocycles. The number of carboxylic acid groups (broad SMARTS) is 1. The van der Waals surface area contributed by atoms with E-state index in [0.29, 0.717) is 16.1 Å². The second kappa shape index (κ2) is 9.93. The van der Waals surface area contributed by atoms with Crippen molar-refractivity contribution >= 4 is 58.2 Å². The number of benzene rings is 2. The van der Waals surface area contributed by atoms with Crippen LogP contribution in [0.1, 0.15) is 6.92 Å². The number of nitrogens with one attached hydrogen (secondary N) is 2. The van der Waals surface area contributed by atoms with Gasteiger partial charge in [-0.15, -0.1) is 0 Å². The molecule has 0 unspecified atom stereocenters. The normalized spacial score (nSPS) is 12.7. The third kappa shape index (κ3) is 4.80. The first-order valence-corrected chi connectivity index (χ1v) is 11.2. The quantitative estimate of drug-likeness (QED) is 0.340. The highest BCUT2D eigenvalue weighted by molar-refractivity contribution is 6.32. The standard InChI is InChI=1S/C23H19Cl2F2N5O3/c1-2-31-21-16(7-13(25)11-30-21)15-4-3-12(24)8-19(15)32(23(31)35)20-17(26)9-14(10-18(20)27)28-5-6-29-22(33)34/h3-4,7-11,28-29H,2,5-6H2,1H3,(H,33,34). The zero-order chi connectivity index (χ0) is 25.3. The predicted molar refractivity (Wildman–Crippen MR) is 131 cm³/mol. The smallest absolute Gasteiger partial charge is 0.404 e. The monoisotopic (exact) mass is 521 g/mol. The van der Waals surface area contributed by atoms with Crippen molar-refractivity contribution in [2.75, 3.05) is 34.8 Å². The molecular weight excluding hydrogens is 503 g/mol. The summed E-state index contributed by atoms with van der Waals surface area (Å²) in [5, 5.41) is 14.1. The van der Waals surface area contributed by atoms with Crippen LogP contribution in [-0.4, -0.2) is 41.8 Å². The first-order valence-electron chi connectivity index (χ1n) is 10.5. The minimum absolute atomic E-state index is 0.0239. The number of halogens is 4. The molecule has 0 saturated heterocycles. The summed E-state index contributed by atoms with van der Waals surface area (Å²) in [6.07, 6.45) is 0.177. The van der Waals surface area contributed by atoms with E-state index in [1.165, 1.54) is 17.2 Å². The van der Waals surface area contributed by atoms with Gasteiger partial charge in [-0.2, -0.15) is 0 Å². The number of carbonyl (C=O) groups is 2. The van der Waals surface area contributed by atoms with E-state index in [0.717, 1.165) is 17.0 Å². The summed E-state index contributed by atoms with van der Waals surface area (Å²) in [7, 11) is 0. The highest BCUT2D eigenvalue weighted by Gasteiger charge is 2.36. The maximum Gasteiger partial charge on any atom is 0.404 e. The van der Waals surface area contributed by atoms with Crippen molar-refractivity contribution < 1.29 is 23.5 Å². The lowest BCUT2D eigenvalue weighted by Crippen LogP contribution is -2.41. The fourth-order valence-corrected chi connectivity index (χ4v) is 4.16. The molecule has 0 bridgehead atoms. The van der Waals surface area contributed by atoms with E-state index in [2.05, 4.69) is 15.6 Å². The molecule has 1 aromatic heterocycles. The molecule has 3 amide bonds. The van der Waals surface area contributed by atoms with Crippen LogP contribution in [0.15, 0.2) is 42.6 Å². The molecule has 1 aliphatic heterocycles. The lowest BCUT2D eigenvalue weighted by atomic mass is 10.0. The first kappa shape index (κ1) is 24.5. The summed E-state index contributed by atoms with van der Waals surface area (Å²) in [6.45, 7) is 2.00. The van der Waals surface area contributed by atoms with Gasteiger partial charge < -0.3 is 15.7 Å². The number of carbonyl (C=O) groups excluding carboxylic acids is 1. The van der Waals surface area contributed by atoms with Gasteiger partial charge in [0.1, 0.15) is 11.5 Å². The number of aromatic nitrogens is 1. The molecule has 0 radical (unpaired) electrons. The summed E-state index contributed by atoms with van der Waals surface area (Å²) in [4.78, 5) is 30.8. The third-order valence-corrected chi connectivity index (χ3v) is 5.73. The average Bonchev–Trinajstić information content (AvgIpc) is 2.89. The topological polar surface area (TPSA) is 97.8 Å². The van der Waals surface area contributed by atoms with E-state index in [1.54, 1.807) is 25.1 Å². The molecule has 4 rings (SSSR count). The number of rotatable bonds is 6. The number of urea groups is 1. The fourth-order valence-electron chi connectivity index (χ4n) is 3.84. The summed E-state index contributed by atoms with van der Waals surface area (Å²) in [5.74, 6) is -1.73. The lowest BCUT2D eigenvalue weighted by molar-refractivity contribution is 0.195.